The summed E-state index contributed by atoms with van der Waals surface area (Å²) in [5.74, 6) is -0.964. The van der Waals surface area contributed by atoms with Gasteiger partial charge in [0.15, 0.2) is 0 Å². The molecule has 1 unspecified atom stereocenters. The molecular weight excluding hydrogens is 525 g/mol. The molecule has 2 heterocycles. The second kappa shape index (κ2) is 11.2. The first kappa shape index (κ1) is 26.1. The van der Waals surface area contributed by atoms with Gasteiger partial charge in [-0.25, -0.2) is 8.60 Å². The standard InChI is InChI=1S/C32H28FN3O3S/c33-27-12-6-4-10-25(27)22-36-28-20-24(14-15-30(28)40(39)29-13-7-5-11-26(29)32(36)38)31(37)35-18-16-34(17-19-35)21-23-8-2-1-3-9-23/h1-15,20H,16-19,21-22H2. The van der Waals surface area contributed by atoms with E-state index in [9.17, 15) is 18.2 Å². The van der Waals surface area contributed by atoms with E-state index in [2.05, 4.69) is 17.0 Å². The largest absolute Gasteiger partial charge is 0.336 e. The molecule has 2 amide bonds. The number of fused-ring (bicyclic) bond motifs is 2. The third-order valence-corrected chi connectivity index (χ3v) is 8.95. The van der Waals surface area contributed by atoms with Crippen LogP contribution in [0.3, 0.4) is 0 Å². The third kappa shape index (κ3) is 5.08. The number of piperazine rings is 1. The van der Waals surface area contributed by atoms with Crippen LogP contribution in [0.1, 0.15) is 31.8 Å². The van der Waals surface area contributed by atoms with Gasteiger partial charge in [0.1, 0.15) is 5.82 Å². The molecule has 4 aromatic carbocycles. The normalized spacial score (nSPS) is 17.2. The Morgan fingerprint density at radius 3 is 2.25 bits per heavy atom. The molecule has 0 radical (unpaired) electrons. The number of amides is 2. The molecule has 0 bridgehead atoms. The highest BCUT2D eigenvalue weighted by molar-refractivity contribution is 7.85. The Kier molecular flexibility index (Phi) is 7.28. The van der Waals surface area contributed by atoms with E-state index in [4.69, 9.17) is 0 Å². The van der Waals surface area contributed by atoms with E-state index in [-0.39, 0.29) is 18.4 Å². The molecule has 0 N–H and O–H groups in total. The summed E-state index contributed by atoms with van der Waals surface area (Å²) in [6.45, 7) is 3.45. The summed E-state index contributed by atoms with van der Waals surface area (Å²) in [5.41, 5.74) is 2.64. The molecule has 0 aliphatic carbocycles. The first-order valence-corrected chi connectivity index (χ1v) is 14.4. The summed E-state index contributed by atoms with van der Waals surface area (Å²) in [6, 6.07) is 28.3. The minimum atomic E-state index is -1.65. The minimum absolute atomic E-state index is 0.0557. The lowest BCUT2D eigenvalue weighted by Gasteiger charge is -2.35. The number of nitrogens with zero attached hydrogens (tertiary/aromatic N) is 3. The van der Waals surface area contributed by atoms with Gasteiger partial charge < -0.3 is 9.80 Å². The summed E-state index contributed by atoms with van der Waals surface area (Å²) in [5, 5.41) is 0. The van der Waals surface area contributed by atoms with Crippen molar-refractivity contribution in [3.05, 3.63) is 125 Å². The fourth-order valence-electron chi connectivity index (χ4n) is 5.28. The van der Waals surface area contributed by atoms with Gasteiger partial charge in [-0.3, -0.25) is 14.5 Å². The van der Waals surface area contributed by atoms with Crippen molar-refractivity contribution in [3.8, 4) is 0 Å². The van der Waals surface area contributed by atoms with Crippen LogP contribution in [0.15, 0.2) is 107 Å². The van der Waals surface area contributed by atoms with Crippen molar-refractivity contribution in [1.82, 2.24) is 9.80 Å². The van der Waals surface area contributed by atoms with E-state index in [1.807, 2.05) is 23.1 Å². The zero-order chi connectivity index (χ0) is 27.6. The van der Waals surface area contributed by atoms with Crippen LogP contribution in [0, 0.1) is 5.82 Å². The molecule has 0 spiro atoms. The Balaban J connectivity index is 1.30. The molecule has 2 aliphatic rings. The van der Waals surface area contributed by atoms with Crippen LogP contribution in [0.5, 0.6) is 0 Å². The zero-order valence-electron chi connectivity index (χ0n) is 21.8. The van der Waals surface area contributed by atoms with Crippen molar-refractivity contribution in [3.63, 3.8) is 0 Å². The molecule has 4 aromatic rings. The number of rotatable bonds is 5. The Hall–Kier alpha value is -4.14. The first-order valence-electron chi connectivity index (χ1n) is 13.3. The lowest BCUT2D eigenvalue weighted by atomic mass is 10.1. The van der Waals surface area contributed by atoms with Crippen LogP contribution in [0.4, 0.5) is 10.1 Å². The number of hydrogen-bond acceptors (Lipinski definition) is 4. The van der Waals surface area contributed by atoms with Gasteiger partial charge in [-0.15, -0.1) is 0 Å². The summed E-state index contributed by atoms with van der Waals surface area (Å²) in [4.78, 5) is 33.8. The van der Waals surface area contributed by atoms with E-state index in [1.54, 1.807) is 60.7 Å². The summed E-state index contributed by atoms with van der Waals surface area (Å²) in [6.07, 6.45) is 0. The van der Waals surface area contributed by atoms with Crippen LogP contribution >= 0.6 is 0 Å². The molecule has 1 saturated heterocycles. The van der Waals surface area contributed by atoms with Crippen molar-refractivity contribution < 1.29 is 18.2 Å². The van der Waals surface area contributed by atoms with Gasteiger partial charge >= 0.3 is 0 Å². The molecule has 0 saturated carbocycles. The van der Waals surface area contributed by atoms with Crippen LogP contribution in [0.25, 0.3) is 0 Å². The maximum absolute atomic E-state index is 14.7. The lowest BCUT2D eigenvalue weighted by Crippen LogP contribution is -2.48. The van der Waals surface area contributed by atoms with Crippen LogP contribution < -0.4 is 4.90 Å². The van der Waals surface area contributed by atoms with E-state index >= 15 is 0 Å². The Labute approximate surface area is 235 Å². The predicted octanol–water partition coefficient (Wildman–Crippen LogP) is 5.11. The molecule has 6 rings (SSSR count). The van der Waals surface area contributed by atoms with Crippen molar-refractivity contribution in [2.24, 2.45) is 0 Å². The van der Waals surface area contributed by atoms with Gasteiger partial charge in [-0.2, -0.15) is 0 Å². The van der Waals surface area contributed by atoms with Crippen LogP contribution in [0.2, 0.25) is 0 Å². The number of carbonyl (C=O) groups excluding carboxylic acids is 2. The van der Waals surface area contributed by atoms with Gasteiger partial charge in [0.25, 0.3) is 11.8 Å². The van der Waals surface area contributed by atoms with Crippen LogP contribution in [-0.4, -0.2) is 52.0 Å². The summed E-state index contributed by atoms with van der Waals surface area (Å²) >= 11 is 0. The van der Waals surface area contributed by atoms with E-state index in [1.165, 1.54) is 16.5 Å². The molecular formula is C32H28FN3O3S. The fraction of sp³-hybridized carbons (Fsp3) is 0.188. The molecule has 6 nitrogen and oxygen atoms in total. The Bertz CT molecular complexity index is 1600. The third-order valence-electron chi connectivity index (χ3n) is 7.45. The molecule has 1 atom stereocenters. The highest BCUT2D eigenvalue weighted by atomic mass is 32.2. The number of benzene rings is 4. The van der Waals surface area contributed by atoms with Gasteiger partial charge in [0.05, 0.1) is 38.4 Å². The zero-order valence-corrected chi connectivity index (χ0v) is 22.6. The molecule has 0 aromatic heterocycles. The van der Waals surface area contributed by atoms with Crippen molar-refractivity contribution in [2.75, 3.05) is 31.1 Å². The minimum Gasteiger partial charge on any atom is -0.336 e. The molecule has 8 heteroatoms. The van der Waals surface area contributed by atoms with Gasteiger partial charge in [0.2, 0.25) is 0 Å². The van der Waals surface area contributed by atoms with Gasteiger partial charge in [-0.05, 0) is 42.0 Å². The molecule has 2 aliphatic heterocycles. The Morgan fingerprint density at radius 2 is 1.48 bits per heavy atom. The summed E-state index contributed by atoms with van der Waals surface area (Å²) in [7, 11) is -1.65. The topological polar surface area (TPSA) is 60.9 Å². The highest BCUT2D eigenvalue weighted by Crippen LogP contribution is 2.36. The number of hydrogen-bond donors (Lipinski definition) is 0. The van der Waals surface area contributed by atoms with Crippen molar-refractivity contribution >= 4 is 28.3 Å². The van der Waals surface area contributed by atoms with E-state index in [0.717, 1.165) is 19.6 Å². The second-order valence-electron chi connectivity index (χ2n) is 9.98. The SMILES string of the molecule is O=C(c1ccc2c(c1)N(Cc1ccccc1F)C(=O)c1ccccc1S2=O)N1CCN(Cc2ccccc2)CC1. The molecule has 202 valence electrons. The van der Waals surface area contributed by atoms with Gasteiger partial charge in [0, 0.05) is 43.9 Å². The van der Waals surface area contributed by atoms with Crippen molar-refractivity contribution in [1.29, 1.82) is 0 Å². The average molecular weight is 554 g/mol. The monoisotopic (exact) mass is 553 g/mol. The second-order valence-corrected chi connectivity index (χ2v) is 11.4. The molecule has 40 heavy (non-hydrogen) atoms. The van der Waals surface area contributed by atoms with Crippen molar-refractivity contribution in [2.45, 2.75) is 22.9 Å². The highest BCUT2D eigenvalue weighted by Gasteiger charge is 2.32. The average Bonchev–Trinajstić information content (AvgIpc) is 3.08. The maximum Gasteiger partial charge on any atom is 0.259 e. The smallest absolute Gasteiger partial charge is 0.259 e. The summed E-state index contributed by atoms with van der Waals surface area (Å²) < 4.78 is 28.3. The number of halogens is 1. The van der Waals surface area contributed by atoms with E-state index < -0.39 is 16.6 Å². The van der Waals surface area contributed by atoms with Gasteiger partial charge in [-0.1, -0.05) is 60.7 Å². The van der Waals surface area contributed by atoms with E-state index in [0.29, 0.717) is 45.3 Å². The van der Waals surface area contributed by atoms with Crippen LogP contribution in [-0.2, 0) is 23.9 Å². The quantitative estimate of drug-likeness (QED) is 0.345. The first-order chi connectivity index (χ1) is 19.5. The maximum atomic E-state index is 14.7. The number of anilines is 1. The Morgan fingerprint density at radius 1 is 0.775 bits per heavy atom. The molecule has 1 fully saturated rings. The fourth-order valence-corrected chi connectivity index (χ4v) is 6.63. The number of carbonyl (C=O) groups is 2. The lowest BCUT2D eigenvalue weighted by molar-refractivity contribution is 0.0628. The predicted molar refractivity (Wildman–Crippen MR) is 152 cm³/mol.